The lowest BCUT2D eigenvalue weighted by Crippen LogP contribution is -2.53. The van der Waals surface area contributed by atoms with Crippen LogP contribution in [0.1, 0.15) is 39.0 Å². The summed E-state index contributed by atoms with van der Waals surface area (Å²) in [6.07, 6.45) is -2.47. The largest absolute Gasteiger partial charge is 0.394 e. The van der Waals surface area contributed by atoms with Crippen LogP contribution in [0.15, 0.2) is 55.0 Å². The number of amides is 1. The molecule has 1 fully saturated rings. The molecule has 13 nitrogen and oxygen atoms in total. The Labute approximate surface area is 235 Å². The Morgan fingerprint density at radius 1 is 1.20 bits per heavy atom. The number of nitrogens with zero attached hydrogens (tertiary/aromatic N) is 7. The van der Waals surface area contributed by atoms with E-state index in [1.807, 2.05) is 25.1 Å². The van der Waals surface area contributed by atoms with E-state index in [9.17, 15) is 24.5 Å². The van der Waals surface area contributed by atoms with Gasteiger partial charge in [0.05, 0.1) is 33.7 Å². The van der Waals surface area contributed by atoms with Crippen LogP contribution in [0.3, 0.4) is 0 Å². The third kappa shape index (κ3) is 5.20. The van der Waals surface area contributed by atoms with Crippen LogP contribution in [-0.4, -0.2) is 80.9 Å². The molecule has 4 N–H and O–H groups in total. The molecule has 2 aromatic carbocycles. The highest BCUT2D eigenvalue weighted by Gasteiger charge is 2.48. The first-order valence-electron chi connectivity index (χ1n) is 12.7. The predicted molar refractivity (Wildman–Crippen MR) is 143 cm³/mol. The van der Waals surface area contributed by atoms with E-state index >= 15 is 0 Å². The smallest absolute Gasteiger partial charge is 0.273 e. The van der Waals surface area contributed by atoms with Crippen LogP contribution >= 0.6 is 11.3 Å². The predicted octanol–water partition coefficient (Wildman–Crippen LogP) is 1.24. The molecule has 1 saturated heterocycles. The zero-order valence-corrected chi connectivity index (χ0v) is 22.4. The molecule has 4 heterocycles. The van der Waals surface area contributed by atoms with Crippen LogP contribution in [0.4, 0.5) is 4.39 Å². The highest BCUT2D eigenvalue weighted by molar-refractivity contribution is 7.18. The van der Waals surface area contributed by atoms with E-state index < -0.39 is 48.8 Å². The number of rotatable bonds is 7. The number of halogens is 1. The van der Waals surface area contributed by atoms with E-state index in [1.54, 1.807) is 6.07 Å². The standard InChI is InChI=1S/C26H25FN8O5S/c1-13-31-17-6-5-16(8-20(17)41-13)35-25(29-12-30-35)24-23(38)21(22(37)19(11-36)40-24)34-10-18(32-33-34)26(39)28-9-14-3-2-4-15(27)7-14/h2-8,10,12,19,21-24,36-38H,9,11H2,1H3,(H,28,39)/t19-,21+,22+,23-,24-/m1/s1. The minimum Gasteiger partial charge on any atom is -0.394 e. The van der Waals surface area contributed by atoms with Gasteiger partial charge in [0.15, 0.2) is 11.5 Å². The van der Waals surface area contributed by atoms with Crippen molar-refractivity contribution >= 4 is 27.5 Å². The molecule has 6 rings (SSSR count). The van der Waals surface area contributed by atoms with Gasteiger partial charge in [-0.15, -0.1) is 16.4 Å². The summed E-state index contributed by atoms with van der Waals surface area (Å²) in [7, 11) is 0. The Morgan fingerprint density at radius 3 is 2.85 bits per heavy atom. The van der Waals surface area contributed by atoms with Crippen molar-refractivity contribution in [2.24, 2.45) is 0 Å². The SMILES string of the molecule is Cc1nc2ccc(-n3ncnc3[C@@H]3O[C@H](CO)[C@H](O)[C@H](n4cc(C(=O)NCc5cccc(F)c5)nn4)[C@H]3O)cc2s1. The van der Waals surface area contributed by atoms with Gasteiger partial charge < -0.3 is 25.4 Å². The third-order valence-electron chi connectivity index (χ3n) is 6.83. The minimum atomic E-state index is -1.42. The monoisotopic (exact) mass is 580 g/mol. The number of aryl methyl sites for hydroxylation is 1. The minimum absolute atomic E-state index is 0.0587. The zero-order valence-electron chi connectivity index (χ0n) is 21.6. The third-order valence-corrected chi connectivity index (χ3v) is 7.77. The lowest BCUT2D eigenvalue weighted by molar-refractivity contribution is -0.210. The number of ether oxygens (including phenoxy) is 1. The molecule has 0 unspecified atom stereocenters. The van der Waals surface area contributed by atoms with Gasteiger partial charge in [-0.3, -0.25) is 4.79 Å². The quantitative estimate of drug-likeness (QED) is 0.219. The first-order chi connectivity index (χ1) is 19.8. The number of aliphatic hydroxyl groups excluding tert-OH is 3. The van der Waals surface area contributed by atoms with Gasteiger partial charge >= 0.3 is 0 Å². The fourth-order valence-electron chi connectivity index (χ4n) is 4.88. The van der Waals surface area contributed by atoms with E-state index in [1.165, 1.54) is 46.7 Å². The summed E-state index contributed by atoms with van der Waals surface area (Å²) < 4.78 is 23.0. The first kappa shape index (κ1) is 27.0. The maximum Gasteiger partial charge on any atom is 0.273 e. The molecule has 1 aliphatic rings. The normalized spacial score (nSPS) is 22.7. The van der Waals surface area contributed by atoms with Crippen molar-refractivity contribution in [1.29, 1.82) is 0 Å². The van der Waals surface area contributed by atoms with Crippen molar-refractivity contribution in [3.05, 3.63) is 82.9 Å². The van der Waals surface area contributed by atoms with Crippen LogP contribution < -0.4 is 5.32 Å². The second-order valence-electron chi connectivity index (χ2n) is 9.56. The van der Waals surface area contributed by atoms with E-state index in [2.05, 4.69) is 30.7 Å². The number of carbonyl (C=O) groups excluding carboxylic acids is 1. The summed E-state index contributed by atoms with van der Waals surface area (Å²) in [5.74, 6) is -0.768. The average molecular weight is 581 g/mol. The Morgan fingerprint density at radius 2 is 2.05 bits per heavy atom. The first-order valence-corrected chi connectivity index (χ1v) is 13.5. The van der Waals surface area contributed by atoms with Crippen LogP contribution in [0.25, 0.3) is 15.9 Å². The number of thiazole rings is 1. The second-order valence-corrected chi connectivity index (χ2v) is 10.8. The van der Waals surface area contributed by atoms with Crippen molar-refractivity contribution in [2.45, 2.75) is 43.9 Å². The number of hydrogen-bond donors (Lipinski definition) is 4. The van der Waals surface area contributed by atoms with Gasteiger partial charge in [0.2, 0.25) is 0 Å². The molecule has 3 aromatic heterocycles. The van der Waals surface area contributed by atoms with Gasteiger partial charge in [-0.25, -0.2) is 23.7 Å². The van der Waals surface area contributed by atoms with Gasteiger partial charge in [-0.05, 0) is 42.8 Å². The molecule has 0 spiro atoms. The molecule has 0 saturated carbocycles. The fraction of sp³-hybridized carbons (Fsp3) is 0.308. The summed E-state index contributed by atoms with van der Waals surface area (Å²) >= 11 is 1.53. The zero-order chi connectivity index (χ0) is 28.7. The number of aromatic nitrogens is 7. The molecule has 0 bridgehead atoms. The number of benzene rings is 2. The summed E-state index contributed by atoms with van der Waals surface area (Å²) in [5.41, 5.74) is 1.98. The summed E-state index contributed by atoms with van der Waals surface area (Å²) in [6, 6.07) is 10.2. The van der Waals surface area contributed by atoms with Crippen molar-refractivity contribution < 1.29 is 29.2 Å². The summed E-state index contributed by atoms with van der Waals surface area (Å²) in [6.45, 7) is 1.42. The van der Waals surface area contributed by atoms with Crippen LogP contribution in [-0.2, 0) is 11.3 Å². The Bertz CT molecular complexity index is 1710. The second kappa shape index (κ2) is 11.0. The highest BCUT2D eigenvalue weighted by Crippen LogP contribution is 2.38. The van der Waals surface area contributed by atoms with Crippen molar-refractivity contribution in [3.63, 3.8) is 0 Å². The van der Waals surface area contributed by atoms with Gasteiger partial charge in [-0.1, -0.05) is 17.3 Å². The van der Waals surface area contributed by atoms with E-state index in [4.69, 9.17) is 4.74 Å². The van der Waals surface area contributed by atoms with E-state index in [-0.39, 0.29) is 18.1 Å². The summed E-state index contributed by atoms with van der Waals surface area (Å²) in [4.78, 5) is 21.5. The molecular formula is C26H25FN8O5S. The molecule has 5 atom stereocenters. The molecule has 1 aliphatic heterocycles. The highest BCUT2D eigenvalue weighted by atomic mass is 32.1. The molecular weight excluding hydrogens is 555 g/mol. The number of nitrogens with one attached hydrogen (secondary N) is 1. The van der Waals surface area contributed by atoms with Crippen molar-refractivity contribution in [2.75, 3.05) is 6.61 Å². The molecule has 0 radical (unpaired) electrons. The lowest BCUT2D eigenvalue weighted by Gasteiger charge is -2.41. The molecule has 212 valence electrons. The Kier molecular flexibility index (Phi) is 7.27. The molecule has 5 aromatic rings. The summed E-state index contributed by atoms with van der Waals surface area (Å²) in [5, 5.41) is 48.1. The van der Waals surface area contributed by atoms with E-state index in [0.717, 1.165) is 19.9 Å². The number of fused-ring (bicyclic) bond motifs is 1. The average Bonchev–Trinajstić information content (AvgIpc) is 3.71. The molecule has 1 amide bonds. The van der Waals surface area contributed by atoms with Crippen LogP contribution in [0.5, 0.6) is 0 Å². The van der Waals surface area contributed by atoms with Gasteiger partial charge in [0.1, 0.15) is 42.6 Å². The lowest BCUT2D eigenvalue weighted by atomic mass is 9.92. The Hall–Kier alpha value is -4.15. The molecule has 15 heteroatoms. The van der Waals surface area contributed by atoms with E-state index in [0.29, 0.717) is 11.3 Å². The van der Waals surface area contributed by atoms with Gasteiger partial charge in [0.25, 0.3) is 5.91 Å². The molecule has 0 aliphatic carbocycles. The number of hydrogen-bond acceptors (Lipinski definition) is 11. The van der Waals surface area contributed by atoms with Crippen molar-refractivity contribution in [1.82, 2.24) is 40.1 Å². The topological polar surface area (TPSA) is 173 Å². The maximum absolute atomic E-state index is 13.5. The van der Waals surface area contributed by atoms with Gasteiger partial charge in [-0.2, -0.15) is 5.10 Å². The number of aliphatic hydroxyl groups is 3. The van der Waals surface area contributed by atoms with Crippen LogP contribution in [0, 0.1) is 12.7 Å². The maximum atomic E-state index is 13.5. The van der Waals surface area contributed by atoms with Crippen LogP contribution in [0.2, 0.25) is 0 Å². The van der Waals surface area contributed by atoms with Gasteiger partial charge in [0, 0.05) is 6.54 Å². The fourth-order valence-corrected chi connectivity index (χ4v) is 5.74. The Balaban J connectivity index is 1.26. The molecule has 41 heavy (non-hydrogen) atoms. The van der Waals surface area contributed by atoms with Crippen molar-refractivity contribution in [3.8, 4) is 5.69 Å². The number of carbonyl (C=O) groups is 1.